The normalized spacial score (nSPS) is 11.7. The molecule has 0 rings (SSSR count). The molecule has 0 amide bonds. The molecule has 0 aliphatic rings. The number of nitrogens with two attached hydrogens (primary N) is 4. The Morgan fingerprint density at radius 1 is 0.526 bits per heavy atom. The topological polar surface area (TPSA) is 120 Å². The molecular weight excluding hydrogens is 244 g/mol. The van der Waals surface area contributed by atoms with Crippen molar-refractivity contribution in [3.63, 3.8) is 0 Å². The molecule has 0 spiro atoms. The van der Waals surface area contributed by atoms with Gasteiger partial charge in [0.25, 0.3) is 0 Å². The lowest BCUT2D eigenvalue weighted by Gasteiger charge is -2.22. The number of ether oxygens (including phenoxy) is 1. The molecule has 0 saturated carbocycles. The molecule has 0 fully saturated rings. The van der Waals surface area contributed by atoms with Gasteiger partial charge in [0.15, 0.2) is 0 Å². The van der Waals surface area contributed by atoms with Crippen molar-refractivity contribution in [3.05, 3.63) is 0 Å². The minimum atomic E-state index is 0.654. The van der Waals surface area contributed by atoms with Crippen LogP contribution in [0.5, 0.6) is 0 Å². The van der Waals surface area contributed by atoms with Gasteiger partial charge in [0.2, 0.25) is 0 Å². The van der Waals surface area contributed by atoms with Gasteiger partial charge >= 0.3 is 0 Å². The summed E-state index contributed by atoms with van der Waals surface area (Å²) in [7, 11) is 0. The third-order valence-electron chi connectivity index (χ3n) is 2.89. The van der Waals surface area contributed by atoms with Gasteiger partial charge in [-0.2, -0.15) is 0 Å². The summed E-state index contributed by atoms with van der Waals surface area (Å²) in [6.45, 7) is 9.26. The fraction of sp³-hybridized carbons (Fsp3) is 1.00. The first kappa shape index (κ1) is 18.7. The standard InChI is InChI=1S/C12H32N6O/c13-1-5-17(6-2-14)9-11-19-12-10-18(7-3-15)8-4-16/h1-16H2. The van der Waals surface area contributed by atoms with Crippen molar-refractivity contribution in [2.45, 2.75) is 0 Å². The molecule has 0 saturated heterocycles. The van der Waals surface area contributed by atoms with Gasteiger partial charge in [-0.25, -0.2) is 0 Å². The van der Waals surface area contributed by atoms with Crippen LogP contribution >= 0.6 is 0 Å². The average Bonchev–Trinajstić information content (AvgIpc) is 2.39. The third kappa shape index (κ3) is 11.3. The van der Waals surface area contributed by atoms with Crippen LogP contribution in [0.2, 0.25) is 0 Å². The Balaban J connectivity index is 3.59. The minimum Gasteiger partial charge on any atom is -0.379 e. The summed E-state index contributed by atoms with van der Waals surface area (Å²) in [5, 5.41) is 0. The van der Waals surface area contributed by atoms with Gasteiger partial charge in [-0.1, -0.05) is 0 Å². The molecule has 0 aromatic rings. The van der Waals surface area contributed by atoms with Gasteiger partial charge in [0.1, 0.15) is 0 Å². The summed E-state index contributed by atoms with van der Waals surface area (Å²) in [6, 6.07) is 0. The van der Waals surface area contributed by atoms with Crippen LogP contribution in [0.15, 0.2) is 0 Å². The summed E-state index contributed by atoms with van der Waals surface area (Å²) in [4.78, 5) is 4.44. The first-order chi connectivity index (χ1) is 9.28. The average molecular weight is 276 g/mol. The molecule has 0 aromatic heterocycles. The molecule has 0 aromatic carbocycles. The summed E-state index contributed by atoms with van der Waals surface area (Å²) in [6.07, 6.45) is 0. The molecule has 7 nitrogen and oxygen atoms in total. The molecule has 19 heavy (non-hydrogen) atoms. The zero-order valence-corrected chi connectivity index (χ0v) is 12.1. The van der Waals surface area contributed by atoms with Crippen LogP contribution in [0, 0.1) is 0 Å². The molecule has 116 valence electrons. The second-order valence-corrected chi connectivity index (χ2v) is 4.45. The van der Waals surface area contributed by atoms with Crippen molar-refractivity contribution in [1.82, 2.24) is 9.80 Å². The predicted molar refractivity (Wildman–Crippen MR) is 79.9 cm³/mol. The Kier molecular flexibility index (Phi) is 13.9. The highest BCUT2D eigenvalue weighted by molar-refractivity contribution is 4.60. The van der Waals surface area contributed by atoms with Crippen LogP contribution in [0.3, 0.4) is 0 Å². The van der Waals surface area contributed by atoms with Crippen LogP contribution in [0.1, 0.15) is 0 Å². The zero-order chi connectivity index (χ0) is 14.3. The van der Waals surface area contributed by atoms with Crippen molar-refractivity contribution >= 4 is 0 Å². The molecule has 0 aliphatic carbocycles. The Labute approximate surface area is 117 Å². The van der Waals surface area contributed by atoms with Crippen LogP contribution in [-0.2, 0) is 4.74 Å². The quantitative estimate of drug-likeness (QED) is 0.258. The molecule has 0 bridgehead atoms. The first-order valence-electron chi connectivity index (χ1n) is 7.11. The Morgan fingerprint density at radius 3 is 1.11 bits per heavy atom. The Bertz CT molecular complexity index is 154. The van der Waals surface area contributed by atoms with E-state index >= 15 is 0 Å². The van der Waals surface area contributed by atoms with Crippen molar-refractivity contribution in [2.24, 2.45) is 22.9 Å². The predicted octanol–water partition coefficient (Wildman–Crippen LogP) is -2.56. The van der Waals surface area contributed by atoms with Crippen molar-refractivity contribution < 1.29 is 4.74 Å². The number of nitrogens with zero attached hydrogens (tertiary/aromatic N) is 2. The summed E-state index contributed by atoms with van der Waals surface area (Å²) < 4.78 is 5.63. The smallest absolute Gasteiger partial charge is 0.0594 e. The highest BCUT2D eigenvalue weighted by Crippen LogP contribution is 1.89. The fourth-order valence-corrected chi connectivity index (χ4v) is 1.89. The van der Waals surface area contributed by atoms with E-state index in [1.54, 1.807) is 0 Å². The highest BCUT2D eigenvalue weighted by Gasteiger charge is 2.04. The van der Waals surface area contributed by atoms with E-state index in [-0.39, 0.29) is 0 Å². The van der Waals surface area contributed by atoms with E-state index in [1.165, 1.54) is 0 Å². The van der Waals surface area contributed by atoms with Gasteiger partial charge in [-0.15, -0.1) is 0 Å². The van der Waals surface area contributed by atoms with E-state index in [2.05, 4.69) is 9.80 Å². The van der Waals surface area contributed by atoms with Gasteiger partial charge in [-0.05, 0) is 0 Å². The SMILES string of the molecule is NCCN(CCN)CCOCCN(CCN)CCN. The molecule has 0 atom stereocenters. The second-order valence-electron chi connectivity index (χ2n) is 4.45. The minimum absolute atomic E-state index is 0.654. The van der Waals surface area contributed by atoms with E-state index in [0.717, 1.165) is 39.3 Å². The maximum Gasteiger partial charge on any atom is 0.0594 e. The number of rotatable bonds is 14. The lowest BCUT2D eigenvalue weighted by molar-refractivity contribution is 0.0855. The van der Waals surface area contributed by atoms with Gasteiger partial charge in [0.05, 0.1) is 13.2 Å². The maximum absolute atomic E-state index is 5.63. The van der Waals surface area contributed by atoms with E-state index < -0.39 is 0 Å². The number of hydrogen-bond acceptors (Lipinski definition) is 7. The molecule has 0 aliphatic heterocycles. The van der Waals surface area contributed by atoms with E-state index in [0.29, 0.717) is 39.4 Å². The molecule has 8 N–H and O–H groups in total. The van der Waals surface area contributed by atoms with Crippen LogP contribution in [-0.4, -0.2) is 88.5 Å². The molecular formula is C12H32N6O. The van der Waals surface area contributed by atoms with Gasteiger partial charge in [-0.3, -0.25) is 9.80 Å². The molecule has 0 heterocycles. The molecule has 0 radical (unpaired) electrons. The van der Waals surface area contributed by atoms with Crippen LogP contribution in [0.25, 0.3) is 0 Å². The van der Waals surface area contributed by atoms with Crippen LogP contribution < -0.4 is 22.9 Å². The Hall–Kier alpha value is -0.280. The maximum atomic E-state index is 5.63. The lowest BCUT2D eigenvalue weighted by atomic mass is 10.4. The summed E-state index contributed by atoms with van der Waals surface area (Å²) >= 11 is 0. The first-order valence-corrected chi connectivity index (χ1v) is 7.11. The van der Waals surface area contributed by atoms with E-state index in [1.807, 2.05) is 0 Å². The molecule has 7 heteroatoms. The third-order valence-corrected chi connectivity index (χ3v) is 2.89. The fourth-order valence-electron chi connectivity index (χ4n) is 1.89. The van der Waals surface area contributed by atoms with Crippen molar-refractivity contribution in [1.29, 1.82) is 0 Å². The van der Waals surface area contributed by atoms with Crippen LogP contribution in [0.4, 0.5) is 0 Å². The molecule has 0 unspecified atom stereocenters. The summed E-state index contributed by atoms with van der Waals surface area (Å²) in [5.41, 5.74) is 22.2. The van der Waals surface area contributed by atoms with Crippen molar-refractivity contribution in [2.75, 3.05) is 78.7 Å². The zero-order valence-electron chi connectivity index (χ0n) is 12.1. The van der Waals surface area contributed by atoms with E-state index in [9.17, 15) is 0 Å². The second kappa shape index (κ2) is 14.1. The van der Waals surface area contributed by atoms with Gasteiger partial charge in [0, 0.05) is 65.4 Å². The monoisotopic (exact) mass is 276 g/mol. The van der Waals surface area contributed by atoms with Gasteiger partial charge < -0.3 is 27.7 Å². The summed E-state index contributed by atoms with van der Waals surface area (Å²) in [5.74, 6) is 0. The Morgan fingerprint density at radius 2 is 0.842 bits per heavy atom. The van der Waals surface area contributed by atoms with E-state index in [4.69, 9.17) is 27.7 Å². The lowest BCUT2D eigenvalue weighted by Crippen LogP contribution is -2.38. The van der Waals surface area contributed by atoms with Crippen molar-refractivity contribution in [3.8, 4) is 0 Å². The number of hydrogen-bond donors (Lipinski definition) is 4. The highest BCUT2D eigenvalue weighted by atomic mass is 16.5. The largest absolute Gasteiger partial charge is 0.379 e.